The van der Waals surface area contributed by atoms with Crippen molar-refractivity contribution in [3.05, 3.63) is 36.2 Å². The third-order valence-corrected chi connectivity index (χ3v) is 3.26. The van der Waals surface area contributed by atoms with E-state index in [1.807, 2.05) is 12.1 Å². The van der Waals surface area contributed by atoms with Crippen molar-refractivity contribution < 1.29 is 9.53 Å². The van der Waals surface area contributed by atoms with E-state index in [2.05, 4.69) is 44.6 Å². The number of anilines is 2. The first kappa shape index (κ1) is 16.7. The summed E-state index contributed by atoms with van der Waals surface area (Å²) in [6.07, 6.45) is 3.23. The summed E-state index contributed by atoms with van der Waals surface area (Å²) < 4.78 is 5.15. The van der Waals surface area contributed by atoms with Crippen LogP contribution in [0.4, 0.5) is 11.9 Å². The second-order valence-electron chi connectivity index (χ2n) is 5.25. The summed E-state index contributed by atoms with van der Waals surface area (Å²) in [5.41, 5.74) is 1.24. The van der Waals surface area contributed by atoms with Gasteiger partial charge in [0, 0.05) is 13.0 Å². The highest BCUT2D eigenvalue weighted by atomic mass is 16.5. The second kappa shape index (κ2) is 8.07. The number of methoxy groups -OCH3 is 1. The third kappa shape index (κ3) is 5.54. The van der Waals surface area contributed by atoms with Gasteiger partial charge >= 0.3 is 0 Å². The molecule has 0 aliphatic rings. The molecule has 0 spiro atoms. The van der Waals surface area contributed by atoms with Crippen LogP contribution >= 0.6 is 0 Å². The van der Waals surface area contributed by atoms with E-state index in [-0.39, 0.29) is 17.9 Å². The molecule has 2 aromatic rings. The van der Waals surface area contributed by atoms with E-state index < -0.39 is 0 Å². The first-order valence-corrected chi connectivity index (χ1v) is 7.43. The molecule has 1 aromatic heterocycles. The zero-order chi connectivity index (χ0) is 16.7. The van der Waals surface area contributed by atoms with Crippen molar-refractivity contribution in [1.29, 1.82) is 0 Å². The van der Waals surface area contributed by atoms with Gasteiger partial charge in [-0.2, -0.15) is 4.98 Å². The predicted octanol–water partition coefficient (Wildman–Crippen LogP) is 2.27. The summed E-state index contributed by atoms with van der Waals surface area (Å²) in [7, 11) is 1.66. The van der Waals surface area contributed by atoms with Gasteiger partial charge in [0.15, 0.2) is 0 Å². The maximum absolute atomic E-state index is 11.0. The van der Waals surface area contributed by atoms with Crippen LogP contribution in [0.5, 0.6) is 5.75 Å². The van der Waals surface area contributed by atoms with Crippen LogP contribution in [0, 0.1) is 0 Å². The van der Waals surface area contributed by atoms with Gasteiger partial charge in [0.25, 0.3) is 0 Å². The standard InChI is InChI=1S/C16H21N5O2/c1-11(4-5-13-6-8-14(23-3)9-7-13)19-15-17-10-18-16(21-15)20-12(2)22/h6-11H,4-5H2,1-3H3,(H2,17,18,19,20,21,22). The normalized spacial score (nSPS) is 11.6. The van der Waals surface area contributed by atoms with Gasteiger partial charge in [-0.15, -0.1) is 0 Å². The number of aromatic nitrogens is 3. The fourth-order valence-corrected chi connectivity index (χ4v) is 2.05. The zero-order valence-corrected chi connectivity index (χ0v) is 13.5. The molecule has 0 radical (unpaired) electrons. The van der Waals surface area contributed by atoms with E-state index in [0.29, 0.717) is 5.95 Å². The summed E-state index contributed by atoms with van der Waals surface area (Å²) in [4.78, 5) is 23.1. The lowest BCUT2D eigenvalue weighted by Crippen LogP contribution is -2.19. The molecule has 2 N–H and O–H groups in total. The lowest BCUT2D eigenvalue weighted by atomic mass is 10.1. The number of benzene rings is 1. The quantitative estimate of drug-likeness (QED) is 0.815. The number of ether oxygens (including phenoxy) is 1. The van der Waals surface area contributed by atoms with Crippen LogP contribution in [0.1, 0.15) is 25.8 Å². The smallest absolute Gasteiger partial charge is 0.234 e. The topological polar surface area (TPSA) is 89.0 Å². The lowest BCUT2D eigenvalue weighted by molar-refractivity contribution is -0.114. The minimum Gasteiger partial charge on any atom is -0.497 e. The van der Waals surface area contributed by atoms with Crippen LogP contribution in [0.2, 0.25) is 0 Å². The summed E-state index contributed by atoms with van der Waals surface area (Å²) >= 11 is 0. The summed E-state index contributed by atoms with van der Waals surface area (Å²) in [5, 5.41) is 5.74. The van der Waals surface area contributed by atoms with Crippen molar-refractivity contribution in [3.8, 4) is 5.75 Å². The number of amides is 1. The first-order valence-electron chi connectivity index (χ1n) is 7.43. The van der Waals surface area contributed by atoms with Crippen molar-refractivity contribution in [1.82, 2.24) is 15.0 Å². The predicted molar refractivity (Wildman–Crippen MR) is 88.5 cm³/mol. The van der Waals surface area contributed by atoms with Crippen molar-refractivity contribution >= 4 is 17.8 Å². The molecule has 1 amide bonds. The van der Waals surface area contributed by atoms with Gasteiger partial charge < -0.3 is 10.1 Å². The van der Waals surface area contributed by atoms with E-state index in [1.54, 1.807) is 7.11 Å². The number of hydrogen-bond donors (Lipinski definition) is 2. The molecule has 122 valence electrons. The Balaban J connectivity index is 1.86. The Morgan fingerprint density at radius 2 is 1.91 bits per heavy atom. The highest BCUT2D eigenvalue weighted by molar-refractivity contribution is 5.86. The van der Waals surface area contributed by atoms with E-state index >= 15 is 0 Å². The molecule has 0 saturated carbocycles. The fraction of sp³-hybridized carbons (Fsp3) is 0.375. The Kier molecular flexibility index (Phi) is 5.85. The molecule has 23 heavy (non-hydrogen) atoms. The monoisotopic (exact) mass is 315 g/mol. The van der Waals surface area contributed by atoms with E-state index in [9.17, 15) is 4.79 Å². The molecule has 7 nitrogen and oxygen atoms in total. The van der Waals surface area contributed by atoms with Gasteiger partial charge in [-0.25, -0.2) is 9.97 Å². The molecule has 1 heterocycles. The zero-order valence-electron chi connectivity index (χ0n) is 13.5. The van der Waals surface area contributed by atoms with Crippen LogP contribution < -0.4 is 15.4 Å². The van der Waals surface area contributed by atoms with Gasteiger partial charge in [-0.3, -0.25) is 10.1 Å². The molecule has 0 bridgehead atoms. The molecule has 2 rings (SSSR count). The molecule has 1 aromatic carbocycles. The number of carbonyl (C=O) groups is 1. The Bertz CT molecular complexity index is 645. The van der Waals surface area contributed by atoms with Crippen LogP contribution in [0.3, 0.4) is 0 Å². The SMILES string of the molecule is COc1ccc(CCC(C)Nc2ncnc(NC(C)=O)n2)cc1. The maximum atomic E-state index is 11.0. The Labute approximate surface area is 135 Å². The average Bonchev–Trinajstić information content (AvgIpc) is 2.53. The average molecular weight is 315 g/mol. The molecular weight excluding hydrogens is 294 g/mol. The Morgan fingerprint density at radius 3 is 2.57 bits per heavy atom. The Hall–Kier alpha value is -2.70. The molecule has 0 saturated heterocycles. The van der Waals surface area contributed by atoms with Crippen molar-refractivity contribution in [2.45, 2.75) is 32.7 Å². The molecular formula is C16H21N5O2. The number of hydrogen-bond acceptors (Lipinski definition) is 6. The number of rotatable bonds is 7. The van der Waals surface area contributed by atoms with E-state index in [0.717, 1.165) is 18.6 Å². The summed E-state index contributed by atoms with van der Waals surface area (Å²) in [6, 6.07) is 8.22. The van der Waals surface area contributed by atoms with Crippen LogP contribution in [0.15, 0.2) is 30.6 Å². The summed E-state index contributed by atoms with van der Waals surface area (Å²) in [5.74, 6) is 1.34. The Morgan fingerprint density at radius 1 is 1.22 bits per heavy atom. The molecule has 7 heteroatoms. The maximum Gasteiger partial charge on any atom is 0.234 e. The van der Waals surface area contributed by atoms with Gasteiger partial charge in [0.1, 0.15) is 12.1 Å². The molecule has 1 atom stereocenters. The van der Waals surface area contributed by atoms with Crippen molar-refractivity contribution in [2.24, 2.45) is 0 Å². The minimum absolute atomic E-state index is 0.185. The van der Waals surface area contributed by atoms with Gasteiger partial charge in [-0.05, 0) is 37.5 Å². The minimum atomic E-state index is -0.213. The number of nitrogens with one attached hydrogen (secondary N) is 2. The van der Waals surface area contributed by atoms with Gasteiger partial charge in [0.2, 0.25) is 17.8 Å². The molecule has 0 aliphatic carbocycles. The highest BCUT2D eigenvalue weighted by Gasteiger charge is 2.07. The second-order valence-corrected chi connectivity index (χ2v) is 5.25. The number of aryl methyl sites for hydroxylation is 1. The highest BCUT2D eigenvalue weighted by Crippen LogP contribution is 2.14. The van der Waals surface area contributed by atoms with Crippen LogP contribution in [-0.4, -0.2) is 34.0 Å². The van der Waals surface area contributed by atoms with Crippen LogP contribution in [-0.2, 0) is 11.2 Å². The van der Waals surface area contributed by atoms with Crippen LogP contribution in [0.25, 0.3) is 0 Å². The van der Waals surface area contributed by atoms with E-state index in [4.69, 9.17) is 4.74 Å². The van der Waals surface area contributed by atoms with Crippen molar-refractivity contribution in [2.75, 3.05) is 17.7 Å². The van der Waals surface area contributed by atoms with Crippen molar-refractivity contribution in [3.63, 3.8) is 0 Å². The molecule has 0 aliphatic heterocycles. The lowest BCUT2D eigenvalue weighted by Gasteiger charge is -2.14. The summed E-state index contributed by atoms with van der Waals surface area (Å²) in [6.45, 7) is 3.47. The van der Waals surface area contributed by atoms with Gasteiger partial charge in [0.05, 0.1) is 7.11 Å². The van der Waals surface area contributed by atoms with E-state index in [1.165, 1.54) is 18.8 Å². The molecule has 1 unspecified atom stereocenters. The molecule has 0 fully saturated rings. The number of carbonyl (C=O) groups excluding carboxylic acids is 1. The van der Waals surface area contributed by atoms with Gasteiger partial charge in [-0.1, -0.05) is 12.1 Å². The number of nitrogens with zero attached hydrogens (tertiary/aromatic N) is 3. The first-order chi connectivity index (χ1) is 11.1. The largest absolute Gasteiger partial charge is 0.497 e. The fourth-order valence-electron chi connectivity index (χ4n) is 2.05. The third-order valence-electron chi connectivity index (χ3n) is 3.26.